The predicted molar refractivity (Wildman–Crippen MR) is 56.4 cm³/mol. The van der Waals surface area contributed by atoms with Crippen LogP contribution in [0.2, 0.25) is 0 Å². The summed E-state index contributed by atoms with van der Waals surface area (Å²) in [5.41, 5.74) is 0. The average molecular weight is 169 g/mol. The van der Waals surface area contributed by atoms with E-state index in [0.29, 0.717) is 6.04 Å². The lowest BCUT2D eigenvalue weighted by Gasteiger charge is -2.19. The lowest BCUT2D eigenvalue weighted by molar-refractivity contribution is 0.396. The van der Waals surface area contributed by atoms with Gasteiger partial charge in [-0.3, -0.25) is 0 Å². The number of nitrogens with one attached hydrogen (secondary N) is 1. The Morgan fingerprint density at radius 2 is 2.00 bits per heavy atom. The van der Waals surface area contributed by atoms with Crippen LogP contribution in [0.15, 0.2) is 12.7 Å². The van der Waals surface area contributed by atoms with Crippen LogP contribution in [-0.4, -0.2) is 12.6 Å². The minimum atomic E-state index is 0.679. The van der Waals surface area contributed by atoms with E-state index in [-0.39, 0.29) is 0 Å². The first-order valence-corrected chi connectivity index (χ1v) is 5.08. The normalized spacial score (nSPS) is 15.6. The van der Waals surface area contributed by atoms with Gasteiger partial charge in [-0.05, 0) is 18.8 Å². The second-order valence-electron chi connectivity index (χ2n) is 3.55. The quantitative estimate of drug-likeness (QED) is 0.578. The molecule has 0 saturated heterocycles. The standard InChI is InChI=1S/C11H23N/c1-5-8-12-11(7-3)9-10(4)6-2/h5,10-12H,1,6-9H2,2-4H3. The van der Waals surface area contributed by atoms with E-state index in [0.717, 1.165) is 12.5 Å². The molecule has 0 aromatic carbocycles. The maximum Gasteiger partial charge on any atom is 0.0134 e. The zero-order chi connectivity index (χ0) is 9.40. The maximum absolute atomic E-state index is 3.70. The molecule has 0 spiro atoms. The van der Waals surface area contributed by atoms with Crippen molar-refractivity contribution in [2.75, 3.05) is 6.54 Å². The fraction of sp³-hybridized carbons (Fsp3) is 0.818. The molecule has 0 heterocycles. The molecule has 0 rings (SSSR count). The Hall–Kier alpha value is -0.300. The van der Waals surface area contributed by atoms with Gasteiger partial charge in [-0.2, -0.15) is 0 Å². The van der Waals surface area contributed by atoms with Crippen LogP contribution in [0, 0.1) is 5.92 Å². The predicted octanol–water partition coefficient (Wildman–Crippen LogP) is 2.98. The molecule has 0 saturated carbocycles. The zero-order valence-electron chi connectivity index (χ0n) is 8.77. The van der Waals surface area contributed by atoms with Crippen LogP contribution in [0.5, 0.6) is 0 Å². The third kappa shape index (κ3) is 5.36. The molecule has 1 N–H and O–H groups in total. The Balaban J connectivity index is 3.58. The van der Waals surface area contributed by atoms with Crippen molar-refractivity contribution < 1.29 is 0 Å². The van der Waals surface area contributed by atoms with Crippen LogP contribution in [-0.2, 0) is 0 Å². The Morgan fingerprint density at radius 1 is 1.33 bits per heavy atom. The molecular weight excluding hydrogens is 146 g/mol. The van der Waals surface area contributed by atoms with Crippen molar-refractivity contribution in [3.05, 3.63) is 12.7 Å². The summed E-state index contributed by atoms with van der Waals surface area (Å²) in [5.74, 6) is 0.840. The fourth-order valence-electron chi connectivity index (χ4n) is 1.30. The SMILES string of the molecule is C=CCNC(CC)CC(C)CC. The van der Waals surface area contributed by atoms with E-state index in [1.165, 1.54) is 19.3 Å². The fourth-order valence-corrected chi connectivity index (χ4v) is 1.30. The minimum Gasteiger partial charge on any atom is -0.311 e. The highest BCUT2D eigenvalue weighted by molar-refractivity contribution is 4.75. The summed E-state index contributed by atoms with van der Waals surface area (Å²) < 4.78 is 0. The molecule has 0 aromatic heterocycles. The molecule has 0 amide bonds. The molecule has 0 bridgehead atoms. The van der Waals surface area contributed by atoms with Crippen molar-refractivity contribution in [2.45, 2.75) is 46.1 Å². The van der Waals surface area contributed by atoms with Gasteiger partial charge in [-0.15, -0.1) is 6.58 Å². The molecule has 0 aliphatic rings. The van der Waals surface area contributed by atoms with Crippen molar-refractivity contribution in [2.24, 2.45) is 5.92 Å². The summed E-state index contributed by atoms with van der Waals surface area (Å²) in [6, 6.07) is 0.679. The van der Waals surface area contributed by atoms with Gasteiger partial charge in [0, 0.05) is 12.6 Å². The molecule has 0 aliphatic heterocycles. The second kappa shape index (κ2) is 7.35. The van der Waals surface area contributed by atoms with Crippen LogP contribution >= 0.6 is 0 Å². The highest BCUT2D eigenvalue weighted by Crippen LogP contribution is 2.11. The van der Waals surface area contributed by atoms with Gasteiger partial charge >= 0.3 is 0 Å². The van der Waals surface area contributed by atoms with Crippen molar-refractivity contribution in [1.82, 2.24) is 5.32 Å². The van der Waals surface area contributed by atoms with Crippen LogP contribution < -0.4 is 5.32 Å². The summed E-state index contributed by atoms with van der Waals surface area (Å²) in [4.78, 5) is 0. The molecule has 12 heavy (non-hydrogen) atoms. The molecule has 72 valence electrons. The second-order valence-corrected chi connectivity index (χ2v) is 3.55. The lowest BCUT2D eigenvalue weighted by Crippen LogP contribution is -2.30. The smallest absolute Gasteiger partial charge is 0.0134 e. The summed E-state index contributed by atoms with van der Waals surface area (Å²) in [5, 5.41) is 3.47. The molecular formula is C11H23N. The van der Waals surface area contributed by atoms with E-state index in [2.05, 4.69) is 32.7 Å². The van der Waals surface area contributed by atoms with Crippen molar-refractivity contribution in [3.8, 4) is 0 Å². The van der Waals surface area contributed by atoms with Crippen LogP contribution in [0.25, 0.3) is 0 Å². The van der Waals surface area contributed by atoms with E-state index in [9.17, 15) is 0 Å². The van der Waals surface area contributed by atoms with Gasteiger partial charge in [0.05, 0.1) is 0 Å². The van der Waals surface area contributed by atoms with E-state index >= 15 is 0 Å². The van der Waals surface area contributed by atoms with Gasteiger partial charge in [0.25, 0.3) is 0 Å². The minimum absolute atomic E-state index is 0.679. The van der Waals surface area contributed by atoms with Crippen LogP contribution in [0.1, 0.15) is 40.0 Å². The van der Waals surface area contributed by atoms with Crippen LogP contribution in [0.3, 0.4) is 0 Å². The highest BCUT2D eigenvalue weighted by atomic mass is 14.9. The van der Waals surface area contributed by atoms with Crippen molar-refractivity contribution in [1.29, 1.82) is 0 Å². The summed E-state index contributed by atoms with van der Waals surface area (Å²) in [7, 11) is 0. The van der Waals surface area contributed by atoms with Crippen molar-refractivity contribution >= 4 is 0 Å². The number of rotatable bonds is 7. The van der Waals surface area contributed by atoms with Gasteiger partial charge in [-0.25, -0.2) is 0 Å². The Kier molecular flexibility index (Phi) is 7.17. The first-order chi connectivity index (χ1) is 5.74. The van der Waals surface area contributed by atoms with Crippen molar-refractivity contribution in [3.63, 3.8) is 0 Å². The average Bonchev–Trinajstić information content (AvgIpc) is 2.11. The number of hydrogen-bond donors (Lipinski definition) is 1. The zero-order valence-corrected chi connectivity index (χ0v) is 8.77. The van der Waals surface area contributed by atoms with Gasteiger partial charge < -0.3 is 5.32 Å². The first-order valence-electron chi connectivity index (χ1n) is 5.08. The molecule has 1 nitrogen and oxygen atoms in total. The third-order valence-electron chi connectivity index (χ3n) is 2.43. The monoisotopic (exact) mass is 169 g/mol. The molecule has 0 fully saturated rings. The van der Waals surface area contributed by atoms with Gasteiger partial charge in [0.15, 0.2) is 0 Å². The molecule has 1 heteroatoms. The lowest BCUT2D eigenvalue weighted by atomic mass is 9.98. The molecule has 2 unspecified atom stereocenters. The van der Waals surface area contributed by atoms with Gasteiger partial charge in [0.2, 0.25) is 0 Å². The van der Waals surface area contributed by atoms with E-state index < -0.39 is 0 Å². The molecule has 0 radical (unpaired) electrons. The number of hydrogen-bond acceptors (Lipinski definition) is 1. The van der Waals surface area contributed by atoms with Gasteiger partial charge in [-0.1, -0.05) is 33.3 Å². The third-order valence-corrected chi connectivity index (χ3v) is 2.43. The largest absolute Gasteiger partial charge is 0.311 e. The summed E-state index contributed by atoms with van der Waals surface area (Å²) >= 11 is 0. The molecule has 2 atom stereocenters. The molecule has 0 aliphatic carbocycles. The van der Waals surface area contributed by atoms with Gasteiger partial charge in [0.1, 0.15) is 0 Å². The summed E-state index contributed by atoms with van der Waals surface area (Å²) in [6.45, 7) is 11.5. The van der Waals surface area contributed by atoms with E-state index in [4.69, 9.17) is 0 Å². The Bertz CT molecular complexity index is 110. The summed E-state index contributed by atoms with van der Waals surface area (Å²) in [6.07, 6.45) is 5.73. The maximum atomic E-state index is 3.70. The van der Waals surface area contributed by atoms with E-state index in [1.807, 2.05) is 6.08 Å². The van der Waals surface area contributed by atoms with Crippen LogP contribution in [0.4, 0.5) is 0 Å². The molecule has 0 aromatic rings. The highest BCUT2D eigenvalue weighted by Gasteiger charge is 2.08. The Labute approximate surface area is 77.2 Å². The first kappa shape index (κ1) is 11.7. The topological polar surface area (TPSA) is 12.0 Å². The Morgan fingerprint density at radius 3 is 2.42 bits per heavy atom. The van der Waals surface area contributed by atoms with E-state index in [1.54, 1.807) is 0 Å².